The van der Waals surface area contributed by atoms with E-state index in [9.17, 15) is 0 Å². The Kier molecular flexibility index (Phi) is 3.07. The summed E-state index contributed by atoms with van der Waals surface area (Å²) in [5, 5.41) is 0.959. The van der Waals surface area contributed by atoms with Crippen molar-refractivity contribution in [3.8, 4) is 0 Å². The second-order valence-electron chi connectivity index (χ2n) is 4.07. The summed E-state index contributed by atoms with van der Waals surface area (Å²) < 4.78 is 0. The van der Waals surface area contributed by atoms with E-state index < -0.39 is 0 Å². The third-order valence-electron chi connectivity index (χ3n) is 2.58. The summed E-state index contributed by atoms with van der Waals surface area (Å²) in [7, 11) is 0. The minimum Gasteiger partial charge on any atom is -0.0880 e. The first kappa shape index (κ1) is 9.97. The van der Waals surface area contributed by atoms with E-state index in [0.717, 1.165) is 11.2 Å². The van der Waals surface area contributed by atoms with Gasteiger partial charge in [0.15, 0.2) is 0 Å². The molecule has 14 heavy (non-hydrogen) atoms. The summed E-state index contributed by atoms with van der Waals surface area (Å²) in [6.45, 7) is 2.15. The maximum absolute atomic E-state index is 3.46. The van der Waals surface area contributed by atoms with E-state index in [4.69, 9.17) is 0 Å². The Morgan fingerprint density at radius 2 is 2.29 bits per heavy atom. The molecular formula is C13H15Br. The summed E-state index contributed by atoms with van der Waals surface area (Å²) in [4.78, 5) is 0. The summed E-state index contributed by atoms with van der Waals surface area (Å²) in [5.41, 5.74) is 4.23. The zero-order valence-electron chi connectivity index (χ0n) is 8.46. The van der Waals surface area contributed by atoms with Crippen LogP contribution in [0.3, 0.4) is 0 Å². The molecule has 1 saturated carbocycles. The van der Waals surface area contributed by atoms with Gasteiger partial charge in [-0.2, -0.15) is 0 Å². The van der Waals surface area contributed by atoms with E-state index in [2.05, 4.69) is 53.2 Å². The van der Waals surface area contributed by atoms with Crippen LogP contribution in [-0.2, 0) is 0 Å². The summed E-state index contributed by atoms with van der Waals surface area (Å²) in [6, 6.07) is 8.92. The molecule has 1 aromatic carbocycles. The fourth-order valence-corrected chi connectivity index (χ4v) is 1.80. The fraction of sp³-hybridized carbons (Fsp3) is 0.385. The molecule has 0 N–H and O–H groups in total. The largest absolute Gasteiger partial charge is 0.0880 e. The van der Waals surface area contributed by atoms with Gasteiger partial charge in [-0.25, -0.2) is 0 Å². The molecule has 0 aromatic heterocycles. The van der Waals surface area contributed by atoms with Gasteiger partial charge in [-0.15, -0.1) is 0 Å². The molecule has 2 rings (SSSR count). The maximum atomic E-state index is 3.46. The van der Waals surface area contributed by atoms with Crippen molar-refractivity contribution in [1.29, 1.82) is 0 Å². The minimum absolute atomic E-state index is 0.854. The second kappa shape index (κ2) is 4.31. The van der Waals surface area contributed by atoms with Crippen LogP contribution in [0.5, 0.6) is 0 Å². The predicted molar refractivity (Wildman–Crippen MR) is 65.9 cm³/mol. The highest BCUT2D eigenvalue weighted by atomic mass is 79.9. The Morgan fingerprint density at radius 3 is 2.93 bits per heavy atom. The van der Waals surface area contributed by atoms with E-state index in [1.54, 1.807) is 0 Å². The number of hydrogen-bond donors (Lipinski definition) is 0. The SMILES string of the molecule is CC(=Cc1cccc(C2CC2)c1)CBr. The molecule has 1 fully saturated rings. The minimum atomic E-state index is 0.854. The molecular weight excluding hydrogens is 236 g/mol. The van der Waals surface area contributed by atoms with Gasteiger partial charge in [0.2, 0.25) is 0 Å². The van der Waals surface area contributed by atoms with Gasteiger partial charge in [0.1, 0.15) is 0 Å². The first-order valence-corrected chi connectivity index (χ1v) is 6.25. The van der Waals surface area contributed by atoms with Crippen LogP contribution in [-0.4, -0.2) is 5.33 Å². The predicted octanol–water partition coefficient (Wildman–Crippen LogP) is 4.36. The highest BCUT2D eigenvalue weighted by Crippen LogP contribution is 2.40. The molecule has 74 valence electrons. The van der Waals surface area contributed by atoms with Gasteiger partial charge in [0.05, 0.1) is 0 Å². The number of hydrogen-bond acceptors (Lipinski definition) is 0. The fourth-order valence-electron chi connectivity index (χ4n) is 1.64. The summed E-state index contributed by atoms with van der Waals surface area (Å²) in [5.74, 6) is 0.854. The van der Waals surface area contributed by atoms with E-state index >= 15 is 0 Å². The second-order valence-corrected chi connectivity index (χ2v) is 4.63. The third-order valence-corrected chi connectivity index (χ3v) is 3.47. The topological polar surface area (TPSA) is 0 Å². The zero-order chi connectivity index (χ0) is 9.97. The lowest BCUT2D eigenvalue weighted by atomic mass is 10.1. The first-order valence-electron chi connectivity index (χ1n) is 5.12. The number of halogens is 1. The van der Waals surface area contributed by atoms with Gasteiger partial charge >= 0.3 is 0 Å². The molecule has 1 heteroatoms. The van der Waals surface area contributed by atoms with Crippen LogP contribution in [0.25, 0.3) is 6.08 Å². The van der Waals surface area contributed by atoms with Crippen molar-refractivity contribution in [1.82, 2.24) is 0 Å². The first-order chi connectivity index (χ1) is 6.79. The maximum Gasteiger partial charge on any atom is 0.0242 e. The number of rotatable bonds is 3. The van der Waals surface area contributed by atoms with E-state index in [0.29, 0.717) is 0 Å². The highest BCUT2D eigenvalue weighted by molar-refractivity contribution is 9.09. The third kappa shape index (κ3) is 2.48. The molecule has 1 aromatic rings. The number of allylic oxidation sites excluding steroid dienone is 1. The molecule has 0 radical (unpaired) electrons. The smallest absolute Gasteiger partial charge is 0.0242 e. The number of benzene rings is 1. The molecule has 0 amide bonds. The van der Waals surface area contributed by atoms with Gasteiger partial charge in [0.25, 0.3) is 0 Å². The van der Waals surface area contributed by atoms with Crippen LogP contribution in [0.4, 0.5) is 0 Å². The Balaban J connectivity index is 2.21. The molecule has 1 aliphatic rings. The average molecular weight is 251 g/mol. The molecule has 1 aliphatic carbocycles. The van der Waals surface area contributed by atoms with Crippen molar-refractivity contribution in [2.45, 2.75) is 25.7 Å². The van der Waals surface area contributed by atoms with Gasteiger partial charge in [0, 0.05) is 5.33 Å². The van der Waals surface area contributed by atoms with E-state index in [1.165, 1.54) is 29.5 Å². The molecule has 0 heterocycles. The van der Waals surface area contributed by atoms with E-state index in [1.807, 2.05) is 0 Å². The lowest BCUT2D eigenvalue weighted by Crippen LogP contribution is -1.82. The van der Waals surface area contributed by atoms with Crippen LogP contribution in [0.15, 0.2) is 29.8 Å². The van der Waals surface area contributed by atoms with Gasteiger partial charge in [-0.05, 0) is 36.8 Å². The standard InChI is InChI=1S/C13H15Br/c1-10(9-14)7-11-3-2-4-13(8-11)12-5-6-12/h2-4,7-8,12H,5-6,9H2,1H3. The number of alkyl halides is 1. The molecule has 0 saturated heterocycles. The molecule has 0 bridgehead atoms. The molecule has 0 atom stereocenters. The van der Waals surface area contributed by atoms with Crippen LogP contribution in [0.2, 0.25) is 0 Å². The van der Waals surface area contributed by atoms with E-state index in [-0.39, 0.29) is 0 Å². The monoisotopic (exact) mass is 250 g/mol. The molecule has 0 nitrogen and oxygen atoms in total. The van der Waals surface area contributed by atoms with Crippen LogP contribution in [0.1, 0.15) is 36.8 Å². The molecule has 0 spiro atoms. The van der Waals surface area contributed by atoms with Crippen molar-refractivity contribution < 1.29 is 0 Å². The van der Waals surface area contributed by atoms with Crippen molar-refractivity contribution in [2.24, 2.45) is 0 Å². The highest BCUT2D eigenvalue weighted by Gasteiger charge is 2.22. The lowest BCUT2D eigenvalue weighted by molar-refractivity contribution is 1.13. The van der Waals surface area contributed by atoms with Crippen molar-refractivity contribution in [3.05, 3.63) is 41.0 Å². The van der Waals surface area contributed by atoms with Crippen molar-refractivity contribution >= 4 is 22.0 Å². The lowest BCUT2D eigenvalue weighted by Gasteiger charge is -2.01. The van der Waals surface area contributed by atoms with Crippen LogP contribution >= 0.6 is 15.9 Å². The van der Waals surface area contributed by atoms with Crippen molar-refractivity contribution in [3.63, 3.8) is 0 Å². The normalized spacial score (nSPS) is 17.1. The van der Waals surface area contributed by atoms with Crippen molar-refractivity contribution in [2.75, 3.05) is 5.33 Å². The average Bonchev–Trinajstić information content (AvgIpc) is 3.01. The molecule has 0 unspecified atom stereocenters. The van der Waals surface area contributed by atoms with Gasteiger partial charge in [-0.3, -0.25) is 0 Å². The Labute approximate surface area is 94.2 Å². The quantitative estimate of drug-likeness (QED) is 0.700. The van der Waals surface area contributed by atoms with Crippen LogP contribution < -0.4 is 0 Å². The Bertz CT molecular complexity index is 348. The van der Waals surface area contributed by atoms with Gasteiger partial charge < -0.3 is 0 Å². The summed E-state index contributed by atoms with van der Waals surface area (Å²) >= 11 is 3.46. The summed E-state index contributed by atoms with van der Waals surface area (Å²) in [6.07, 6.45) is 5.01. The van der Waals surface area contributed by atoms with Crippen LogP contribution in [0, 0.1) is 0 Å². The Morgan fingerprint density at radius 1 is 1.50 bits per heavy atom. The Hall–Kier alpha value is -0.560. The molecule has 0 aliphatic heterocycles. The zero-order valence-corrected chi connectivity index (χ0v) is 10.0. The van der Waals surface area contributed by atoms with Gasteiger partial charge in [-0.1, -0.05) is 51.8 Å².